The number of ketones is 2. The Hall–Kier alpha value is -2.06. The molecule has 0 saturated heterocycles. The van der Waals surface area contributed by atoms with Crippen molar-refractivity contribution in [1.29, 1.82) is 0 Å². The molecule has 0 aromatic carbocycles. The minimum absolute atomic E-state index is 0.0111. The van der Waals surface area contributed by atoms with E-state index in [0.717, 1.165) is 37.8 Å². The van der Waals surface area contributed by atoms with Gasteiger partial charge in [-0.15, -0.1) is 0 Å². The van der Waals surface area contributed by atoms with Crippen molar-refractivity contribution in [2.45, 2.75) is 76.8 Å². The highest BCUT2D eigenvalue weighted by Crippen LogP contribution is 2.10. The molecular formula is C19H33N5O3. The number of aromatic nitrogens is 2. The van der Waals surface area contributed by atoms with E-state index in [1.54, 1.807) is 13.1 Å². The second-order valence-electron chi connectivity index (χ2n) is 6.96. The molecule has 0 fully saturated rings. The largest absolute Gasteiger partial charge is 0.348 e. The molecule has 8 heteroatoms. The number of nitrogens with one attached hydrogen (secondary N) is 2. The van der Waals surface area contributed by atoms with Gasteiger partial charge in [0.25, 0.3) is 0 Å². The first-order chi connectivity index (χ1) is 12.9. The number of hydrogen-bond donors (Lipinski definition) is 4. The van der Waals surface area contributed by atoms with Crippen LogP contribution in [0.1, 0.15) is 64.0 Å². The lowest BCUT2D eigenvalue weighted by atomic mass is 9.99. The Labute approximate surface area is 160 Å². The maximum atomic E-state index is 12.5. The van der Waals surface area contributed by atoms with Crippen LogP contribution in [-0.4, -0.2) is 46.1 Å². The number of imidazole rings is 1. The van der Waals surface area contributed by atoms with E-state index in [0.29, 0.717) is 32.2 Å². The van der Waals surface area contributed by atoms with Gasteiger partial charge in [-0.1, -0.05) is 6.42 Å². The topological polar surface area (TPSA) is 144 Å². The van der Waals surface area contributed by atoms with Crippen molar-refractivity contribution in [2.24, 2.45) is 11.5 Å². The quantitative estimate of drug-likeness (QED) is 0.335. The Morgan fingerprint density at radius 1 is 1.15 bits per heavy atom. The van der Waals surface area contributed by atoms with E-state index in [2.05, 4.69) is 15.3 Å². The van der Waals surface area contributed by atoms with Gasteiger partial charge in [0.05, 0.1) is 18.4 Å². The predicted octanol–water partition coefficient (Wildman–Crippen LogP) is 1.00. The van der Waals surface area contributed by atoms with Crippen LogP contribution in [-0.2, 0) is 20.8 Å². The molecule has 0 aliphatic rings. The van der Waals surface area contributed by atoms with Gasteiger partial charge in [0, 0.05) is 31.2 Å². The van der Waals surface area contributed by atoms with Crippen LogP contribution in [0.2, 0.25) is 0 Å². The van der Waals surface area contributed by atoms with Crippen molar-refractivity contribution in [2.75, 3.05) is 6.54 Å². The molecule has 1 aromatic heterocycles. The third kappa shape index (κ3) is 10.0. The van der Waals surface area contributed by atoms with Crippen LogP contribution in [0.5, 0.6) is 0 Å². The van der Waals surface area contributed by atoms with Crippen molar-refractivity contribution in [3.63, 3.8) is 0 Å². The Morgan fingerprint density at radius 2 is 1.89 bits per heavy atom. The Bertz CT molecular complexity index is 574. The molecule has 1 aromatic rings. The number of amides is 1. The van der Waals surface area contributed by atoms with Crippen molar-refractivity contribution < 1.29 is 14.4 Å². The average molecular weight is 380 g/mol. The van der Waals surface area contributed by atoms with Crippen molar-refractivity contribution in [3.05, 3.63) is 18.2 Å². The first-order valence-electron chi connectivity index (χ1n) is 9.69. The highest BCUT2D eigenvalue weighted by Gasteiger charge is 2.23. The highest BCUT2D eigenvalue weighted by atomic mass is 16.2. The van der Waals surface area contributed by atoms with E-state index in [9.17, 15) is 14.4 Å². The van der Waals surface area contributed by atoms with Crippen LogP contribution in [0.15, 0.2) is 12.5 Å². The zero-order valence-corrected chi connectivity index (χ0v) is 16.2. The second kappa shape index (κ2) is 13.2. The molecule has 27 heavy (non-hydrogen) atoms. The van der Waals surface area contributed by atoms with Gasteiger partial charge in [0.1, 0.15) is 5.78 Å². The van der Waals surface area contributed by atoms with E-state index in [1.165, 1.54) is 6.33 Å². The number of aromatic amines is 1. The molecule has 0 bridgehead atoms. The third-order valence-corrected chi connectivity index (χ3v) is 4.44. The first-order valence-corrected chi connectivity index (χ1v) is 9.69. The van der Waals surface area contributed by atoms with Crippen molar-refractivity contribution >= 4 is 17.5 Å². The summed E-state index contributed by atoms with van der Waals surface area (Å²) >= 11 is 0. The van der Waals surface area contributed by atoms with Crippen LogP contribution in [0.4, 0.5) is 0 Å². The minimum Gasteiger partial charge on any atom is -0.348 e. The van der Waals surface area contributed by atoms with Crippen molar-refractivity contribution in [1.82, 2.24) is 15.3 Å². The third-order valence-electron chi connectivity index (χ3n) is 4.44. The fraction of sp³-hybridized carbons (Fsp3) is 0.684. The van der Waals surface area contributed by atoms with Crippen LogP contribution in [0.3, 0.4) is 0 Å². The SMILES string of the molecule is CC(=O)CCCCCC(=O)C(CCCCN)NC(=O)C(N)Cc1cnc[nH]1. The predicted molar refractivity (Wildman–Crippen MR) is 104 cm³/mol. The summed E-state index contributed by atoms with van der Waals surface area (Å²) in [6, 6.07) is -1.28. The van der Waals surface area contributed by atoms with Gasteiger partial charge >= 0.3 is 0 Å². The first kappa shape index (κ1) is 23.0. The maximum absolute atomic E-state index is 12.5. The summed E-state index contributed by atoms with van der Waals surface area (Å²) in [6.07, 6.45) is 8.90. The molecule has 2 atom stereocenters. The molecule has 1 amide bonds. The van der Waals surface area contributed by atoms with Gasteiger partial charge < -0.3 is 26.6 Å². The highest BCUT2D eigenvalue weighted by molar-refractivity contribution is 5.90. The average Bonchev–Trinajstić information content (AvgIpc) is 3.13. The lowest BCUT2D eigenvalue weighted by Crippen LogP contribution is -2.49. The van der Waals surface area contributed by atoms with E-state index in [-0.39, 0.29) is 17.5 Å². The van der Waals surface area contributed by atoms with E-state index < -0.39 is 12.1 Å². The van der Waals surface area contributed by atoms with Gasteiger partial charge in [0.2, 0.25) is 5.91 Å². The van der Waals surface area contributed by atoms with Gasteiger partial charge in [-0.3, -0.25) is 9.59 Å². The van der Waals surface area contributed by atoms with Gasteiger partial charge in [0.15, 0.2) is 5.78 Å². The number of hydrogen-bond acceptors (Lipinski definition) is 6. The molecule has 0 aliphatic carbocycles. The lowest BCUT2D eigenvalue weighted by molar-refractivity contribution is -0.128. The molecular weight excluding hydrogens is 346 g/mol. The Kier molecular flexibility index (Phi) is 11.2. The lowest BCUT2D eigenvalue weighted by Gasteiger charge is -2.20. The molecule has 0 radical (unpaired) electrons. The number of carbonyl (C=O) groups is 3. The summed E-state index contributed by atoms with van der Waals surface area (Å²) in [6.45, 7) is 2.12. The second-order valence-corrected chi connectivity index (χ2v) is 6.96. The molecule has 1 heterocycles. The zero-order chi connectivity index (χ0) is 20.1. The minimum atomic E-state index is -0.745. The van der Waals surface area contributed by atoms with E-state index >= 15 is 0 Å². The zero-order valence-electron chi connectivity index (χ0n) is 16.2. The van der Waals surface area contributed by atoms with Crippen LogP contribution in [0.25, 0.3) is 0 Å². The number of Topliss-reactive ketones (excluding diaryl/α,β-unsaturated/α-hetero) is 2. The standard InChI is InChI=1S/C19H33N5O3/c1-14(25)7-3-2-4-9-18(26)17(8-5-6-10-20)24-19(27)16(21)11-15-12-22-13-23-15/h12-13,16-17H,2-11,20-21H2,1H3,(H,22,23)(H,24,27). The molecule has 0 aliphatic heterocycles. The van der Waals surface area contributed by atoms with Gasteiger partial charge in [-0.25, -0.2) is 4.98 Å². The summed E-state index contributed by atoms with van der Waals surface area (Å²) < 4.78 is 0. The summed E-state index contributed by atoms with van der Waals surface area (Å²) in [5.74, 6) is -0.163. The molecule has 8 nitrogen and oxygen atoms in total. The number of nitrogens with two attached hydrogens (primary N) is 2. The summed E-state index contributed by atoms with van der Waals surface area (Å²) in [5.41, 5.74) is 12.3. The molecule has 1 rings (SSSR count). The fourth-order valence-electron chi connectivity index (χ4n) is 2.84. The fourth-order valence-corrected chi connectivity index (χ4v) is 2.84. The van der Waals surface area contributed by atoms with E-state index in [4.69, 9.17) is 11.5 Å². The van der Waals surface area contributed by atoms with Crippen LogP contribution < -0.4 is 16.8 Å². The van der Waals surface area contributed by atoms with E-state index in [1.807, 2.05) is 0 Å². The number of H-pyrrole nitrogens is 1. The summed E-state index contributed by atoms with van der Waals surface area (Å²) in [4.78, 5) is 42.7. The van der Waals surface area contributed by atoms with Crippen LogP contribution in [0, 0.1) is 0 Å². The smallest absolute Gasteiger partial charge is 0.237 e. The Morgan fingerprint density at radius 3 is 2.52 bits per heavy atom. The molecule has 0 spiro atoms. The molecule has 0 saturated carbocycles. The number of unbranched alkanes of at least 4 members (excludes halogenated alkanes) is 3. The van der Waals surface area contributed by atoms with Crippen LogP contribution >= 0.6 is 0 Å². The number of rotatable bonds is 15. The molecule has 2 unspecified atom stereocenters. The molecule has 152 valence electrons. The normalized spacial score (nSPS) is 13.1. The monoisotopic (exact) mass is 379 g/mol. The molecule has 6 N–H and O–H groups in total. The Balaban J connectivity index is 2.49. The number of carbonyl (C=O) groups excluding carboxylic acids is 3. The summed E-state index contributed by atoms with van der Waals surface area (Å²) in [5, 5.41) is 2.80. The van der Waals surface area contributed by atoms with Gasteiger partial charge in [-0.05, 0) is 45.6 Å². The van der Waals surface area contributed by atoms with Gasteiger partial charge in [-0.2, -0.15) is 0 Å². The summed E-state index contributed by atoms with van der Waals surface area (Å²) in [7, 11) is 0. The number of nitrogens with zero attached hydrogens (tertiary/aromatic N) is 1. The maximum Gasteiger partial charge on any atom is 0.237 e. The van der Waals surface area contributed by atoms with Crippen molar-refractivity contribution in [3.8, 4) is 0 Å².